The average molecular weight is 418 g/mol. The van der Waals surface area contributed by atoms with Gasteiger partial charge >= 0.3 is 5.92 Å². The Labute approximate surface area is 152 Å². The predicted molar refractivity (Wildman–Crippen MR) is 93.2 cm³/mol. The van der Waals surface area contributed by atoms with Crippen molar-refractivity contribution >= 4 is 21.6 Å². The fraction of sp³-hybridized carbons (Fsp3) is 0.412. The van der Waals surface area contributed by atoms with Gasteiger partial charge in [0, 0.05) is 25.1 Å². The van der Waals surface area contributed by atoms with E-state index in [0.29, 0.717) is 24.4 Å². The molecule has 0 aliphatic heterocycles. The maximum atomic E-state index is 13.2. The maximum absolute atomic E-state index is 13.2. The second kappa shape index (κ2) is 8.51. The monoisotopic (exact) mass is 417 g/mol. The third-order valence-electron chi connectivity index (χ3n) is 3.62. The molecular formula is C17H19BrF3N3O. The molecule has 0 bridgehead atoms. The van der Waals surface area contributed by atoms with E-state index in [1.807, 2.05) is 0 Å². The van der Waals surface area contributed by atoms with Gasteiger partial charge in [-0.1, -0.05) is 17.7 Å². The highest BCUT2D eigenvalue weighted by atomic mass is 79.9. The van der Waals surface area contributed by atoms with E-state index in [2.05, 4.69) is 42.5 Å². The van der Waals surface area contributed by atoms with Crippen molar-refractivity contribution in [3.8, 4) is 0 Å². The molecular weight excluding hydrogens is 399 g/mol. The number of nitrogens with zero attached hydrogens (tertiary/aromatic N) is 2. The highest BCUT2D eigenvalue weighted by Crippen LogP contribution is 2.28. The highest BCUT2D eigenvalue weighted by Gasteiger charge is 2.32. The quantitative estimate of drug-likeness (QED) is 0.423. The first-order valence-corrected chi connectivity index (χ1v) is 8.64. The zero-order valence-electron chi connectivity index (χ0n) is 13.7. The molecule has 1 atom stereocenters. The fourth-order valence-corrected chi connectivity index (χ4v) is 2.62. The van der Waals surface area contributed by atoms with Crippen LogP contribution in [0, 0.1) is 5.82 Å². The van der Waals surface area contributed by atoms with Crippen molar-refractivity contribution in [1.29, 1.82) is 0 Å². The summed E-state index contributed by atoms with van der Waals surface area (Å²) in [5, 5.41) is 6.82. The molecule has 8 heteroatoms. The molecule has 0 aliphatic carbocycles. The van der Waals surface area contributed by atoms with E-state index in [1.54, 1.807) is 18.2 Å². The summed E-state index contributed by atoms with van der Waals surface area (Å²) in [5.41, 5.74) is 0.821. The molecule has 0 amide bonds. The van der Waals surface area contributed by atoms with Crippen LogP contribution in [0.15, 0.2) is 39.8 Å². The largest absolute Gasteiger partial charge is 0.385 e. The molecule has 4 nitrogen and oxygen atoms in total. The van der Waals surface area contributed by atoms with Gasteiger partial charge in [-0.05, 0) is 47.0 Å². The van der Waals surface area contributed by atoms with Crippen LogP contribution >= 0.6 is 15.9 Å². The number of allylic oxidation sites excluding steroid dienone is 1. The summed E-state index contributed by atoms with van der Waals surface area (Å²) >= 11 is 3.14. The van der Waals surface area contributed by atoms with Gasteiger partial charge in [-0.3, -0.25) is 0 Å². The number of halogens is 4. The van der Waals surface area contributed by atoms with Crippen molar-refractivity contribution < 1.29 is 17.7 Å². The predicted octanol–water partition coefficient (Wildman–Crippen LogP) is 5.63. The number of anilines is 1. The van der Waals surface area contributed by atoms with Gasteiger partial charge in [0.2, 0.25) is 0 Å². The minimum atomic E-state index is -3.15. The zero-order valence-corrected chi connectivity index (χ0v) is 15.3. The van der Waals surface area contributed by atoms with Crippen LogP contribution in [-0.4, -0.2) is 16.7 Å². The molecule has 1 N–H and O–H groups in total. The molecule has 1 aromatic carbocycles. The molecule has 0 saturated heterocycles. The summed E-state index contributed by atoms with van der Waals surface area (Å²) in [6, 6.07) is 4.73. The Balaban J connectivity index is 1.78. The van der Waals surface area contributed by atoms with Crippen LogP contribution in [0.5, 0.6) is 0 Å². The molecule has 0 spiro atoms. The lowest BCUT2D eigenvalue weighted by molar-refractivity contribution is -0.0158. The first-order chi connectivity index (χ1) is 11.8. The van der Waals surface area contributed by atoms with Crippen molar-refractivity contribution in [2.75, 3.05) is 11.9 Å². The Morgan fingerprint density at radius 2 is 2.16 bits per heavy atom. The summed E-state index contributed by atoms with van der Waals surface area (Å²) in [4.78, 5) is 3.76. The molecule has 0 fully saturated rings. The zero-order chi connectivity index (χ0) is 18.4. The third-order valence-corrected chi connectivity index (χ3v) is 4.23. The van der Waals surface area contributed by atoms with E-state index in [4.69, 9.17) is 0 Å². The molecule has 136 valence electrons. The molecule has 2 aromatic rings. The molecule has 1 heterocycles. The Bertz CT molecular complexity index is 715. The van der Waals surface area contributed by atoms with E-state index in [1.165, 1.54) is 6.07 Å². The highest BCUT2D eigenvalue weighted by molar-refractivity contribution is 9.10. The topological polar surface area (TPSA) is 51.0 Å². The van der Waals surface area contributed by atoms with Crippen LogP contribution in [0.2, 0.25) is 0 Å². The molecule has 25 heavy (non-hydrogen) atoms. The number of hydrogen-bond donors (Lipinski definition) is 1. The fourth-order valence-electron chi connectivity index (χ4n) is 2.24. The van der Waals surface area contributed by atoms with E-state index < -0.39 is 11.8 Å². The Morgan fingerprint density at radius 1 is 1.40 bits per heavy atom. The summed E-state index contributed by atoms with van der Waals surface area (Å²) < 4.78 is 44.5. The van der Waals surface area contributed by atoms with Crippen LogP contribution < -0.4 is 5.32 Å². The molecule has 0 saturated carbocycles. The maximum Gasteiger partial charge on any atom is 0.322 e. The second-order valence-corrected chi connectivity index (χ2v) is 6.59. The first kappa shape index (κ1) is 19.5. The number of nitrogens with one attached hydrogen (secondary N) is 1. The first-order valence-electron chi connectivity index (χ1n) is 7.84. The number of alkyl halides is 2. The standard InChI is InChI=1S/C17H19BrF3N3O/c1-3-11(15-23-16(25-24-15)17(2,20)21)6-4-5-9-22-12-7-8-14(19)13(18)10-12/h3,7-8,10-11,22H,1,4-6,9H2,2H3. The minimum absolute atomic E-state index is 0.224. The van der Waals surface area contributed by atoms with Gasteiger partial charge in [0.25, 0.3) is 5.89 Å². The third kappa shape index (κ3) is 5.59. The Morgan fingerprint density at radius 3 is 2.76 bits per heavy atom. The molecule has 1 aromatic heterocycles. The normalized spacial score (nSPS) is 12.8. The van der Waals surface area contributed by atoms with Gasteiger partial charge in [-0.2, -0.15) is 13.8 Å². The van der Waals surface area contributed by atoms with Crippen molar-refractivity contribution in [3.05, 3.63) is 52.9 Å². The number of aromatic nitrogens is 2. The smallest absolute Gasteiger partial charge is 0.322 e. The van der Waals surface area contributed by atoms with Crippen molar-refractivity contribution in [3.63, 3.8) is 0 Å². The van der Waals surface area contributed by atoms with E-state index in [0.717, 1.165) is 18.5 Å². The summed E-state index contributed by atoms with van der Waals surface area (Å²) in [6.07, 6.45) is 3.96. The van der Waals surface area contributed by atoms with E-state index in [9.17, 15) is 13.2 Å². The Kier molecular flexibility index (Phi) is 6.64. The van der Waals surface area contributed by atoms with E-state index in [-0.39, 0.29) is 17.6 Å². The van der Waals surface area contributed by atoms with Gasteiger partial charge in [0.1, 0.15) is 5.82 Å². The number of rotatable bonds is 9. The van der Waals surface area contributed by atoms with Gasteiger partial charge in [0.15, 0.2) is 5.82 Å². The van der Waals surface area contributed by atoms with Crippen molar-refractivity contribution in [2.24, 2.45) is 0 Å². The van der Waals surface area contributed by atoms with Crippen LogP contribution in [0.1, 0.15) is 43.8 Å². The molecule has 2 rings (SSSR count). The van der Waals surface area contributed by atoms with Gasteiger partial charge in [-0.15, -0.1) is 6.58 Å². The molecule has 0 aliphatic rings. The van der Waals surface area contributed by atoms with Crippen LogP contribution in [0.3, 0.4) is 0 Å². The van der Waals surface area contributed by atoms with Gasteiger partial charge < -0.3 is 9.84 Å². The summed E-state index contributed by atoms with van der Waals surface area (Å²) in [5.74, 6) is -4.15. The van der Waals surface area contributed by atoms with Gasteiger partial charge in [-0.25, -0.2) is 4.39 Å². The summed E-state index contributed by atoms with van der Waals surface area (Å²) in [6.45, 7) is 5.12. The number of benzene rings is 1. The second-order valence-electron chi connectivity index (χ2n) is 5.74. The van der Waals surface area contributed by atoms with Crippen molar-refractivity contribution in [1.82, 2.24) is 10.1 Å². The van der Waals surface area contributed by atoms with Gasteiger partial charge in [0.05, 0.1) is 4.47 Å². The minimum Gasteiger partial charge on any atom is -0.385 e. The Hall–Kier alpha value is -1.83. The summed E-state index contributed by atoms with van der Waals surface area (Å²) in [7, 11) is 0. The van der Waals surface area contributed by atoms with Crippen LogP contribution in [0.25, 0.3) is 0 Å². The average Bonchev–Trinajstić information content (AvgIpc) is 3.04. The number of unbranched alkanes of at least 4 members (excludes halogenated alkanes) is 1. The molecule has 0 radical (unpaired) electrons. The lowest BCUT2D eigenvalue weighted by Crippen LogP contribution is -2.08. The van der Waals surface area contributed by atoms with Crippen LogP contribution in [0.4, 0.5) is 18.9 Å². The van der Waals surface area contributed by atoms with E-state index >= 15 is 0 Å². The SMILES string of the molecule is C=CC(CCCCNc1ccc(F)c(Br)c1)c1noc(C(C)(F)F)n1. The number of hydrogen-bond acceptors (Lipinski definition) is 4. The lowest BCUT2D eigenvalue weighted by atomic mass is 10.0. The van der Waals surface area contributed by atoms with Crippen molar-refractivity contribution in [2.45, 2.75) is 38.0 Å². The lowest BCUT2D eigenvalue weighted by Gasteiger charge is -2.09. The molecule has 1 unspecified atom stereocenters. The van der Waals surface area contributed by atoms with Crippen LogP contribution in [-0.2, 0) is 5.92 Å².